The van der Waals surface area contributed by atoms with Gasteiger partial charge in [0.05, 0.1) is 0 Å². The molecular formula is C12H17N3O. The van der Waals surface area contributed by atoms with E-state index in [1.807, 2.05) is 12.1 Å². The van der Waals surface area contributed by atoms with E-state index in [0.29, 0.717) is 12.2 Å². The van der Waals surface area contributed by atoms with E-state index in [0.717, 1.165) is 18.4 Å². The third kappa shape index (κ3) is 3.61. The summed E-state index contributed by atoms with van der Waals surface area (Å²) >= 11 is 0. The van der Waals surface area contributed by atoms with E-state index in [1.165, 1.54) is 0 Å². The zero-order chi connectivity index (χ0) is 11.8. The first-order valence-electron chi connectivity index (χ1n) is 5.50. The van der Waals surface area contributed by atoms with Gasteiger partial charge >= 0.3 is 0 Å². The fraction of sp³-hybridized carbons (Fsp3) is 0.500. The molecule has 1 atom stereocenters. The van der Waals surface area contributed by atoms with Gasteiger partial charge in [-0.2, -0.15) is 5.26 Å². The third-order valence-electron chi connectivity index (χ3n) is 2.55. The maximum absolute atomic E-state index is 8.86. The van der Waals surface area contributed by atoms with Gasteiger partial charge in [0.15, 0.2) is 0 Å². The van der Waals surface area contributed by atoms with Crippen molar-refractivity contribution in [2.45, 2.75) is 32.4 Å². The van der Waals surface area contributed by atoms with Crippen LogP contribution in [0.3, 0.4) is 0 Å². The van der Waals surface area contributed by atoms with Crippen molar-refractivity contribution in [2.24, 2.45) is 0 Å². The van der Waals surface area contributed by atoms with Gasteiger partial charge in [-0.25, -0.2) is 4.98 Å². The molecule has 16 heavy (non-hydrogen) atoms. The van der Waals surface area contributed by atoms with Crippen molar-refractivity contribution >= 4 is 0 Å². The summed E-state index contributed by atoms with van der Waals surface area (Å²) in [6.07, 6.45) is 3.31. The zero-order valence-corrected chi connectivity index (χ0v) is 9.48. The van der Waals surface area contributed by atoms with Crippen LogP contribution >= 0.6 is 0 Å². The second-order valence-corrected chi connectivity index (χ2v) is 3.62. The molecule has 0 saturated heterocycles. The second kappa shape index (κ2) is 6.94. The fourth-order valence-electron chi connectivity index (χ4n) is 1.54. The van der Waals surface area contributed by atoms with E-state index >= 15 is 0 Å². The molecule has 0 fully saturated rings. The highest BCUT2D eigenvalue weighted by molar-refractivity contribution is 5.30. The maximum Gasteiger partial charge on any atom is 0.144 e. The second-order valence-electron chi connectivity index (χ2n) is 3.62. The van der Waals surface area contributed by atoms with E-state index in [4.69, 9.17) is 10.4 Å². The summed E-state index contributed by atoms with van der Waals surface area (Å²) in [7, 11) is 0. The number of aromatic nitrogens is 1. The first kappa shape index (κ1) is 12.6. The van der Waals surface area contributed by atoms with Crippen LogP contribution in [0.25, 0.3) is 0 Å². The Labute approximate surface area is 95.9 Å². The van der Waals surface area contributed by atoms with Crippen molar-refractivity contribution in [3.63, 3.8) is 0 Å². The number of hydrogen-bond acceptors (Lipinski definition) is 4. The summed E-state index contributed by atoms with van der Waals surface area (Å²) in [4.78, 5) is 4.00. The fourth-order valence-corrected chi connectivity index (χ4v) is 1.54. The molecule has 1 heterocycles. The minimum absolute atomic E-state index is 0.184. The van der Waals surface area contributed by atoms with Crippen LogP contribution in [0.2, 0.25) is 0 Å². The van der Waals surface area contributed by atoms with Crippen LogP contribution in [0.1, 0.15) is 31.0 Å². The summed E-state index contributed by atoms with van der Waals surface area (Å²) in [5.74, 6) is 0. The first-order chi connectivity index (χ1) is 7.81. The van der Waals surface area contributed by atoms with Gasteiger partial charge in [-0.3, -0.25) is 0 Å². The molecule has 0 aliphatic heterocycles. The van der Waals surface area contributed by atoms with Crippen molar-refractivity contribution in [1.29, 1.82) is 5.26 Å². The normalized spacial score (nSPS) is 12.1. The molecule has 1 unspecified atom stereocenters. The molecule has 0 aliphatic rings. The Morgan fingerprint density at radius 2 is 2.44 bits per heavy atom. The summed E-state index contributed by atoms with van der Waals surface area (Å²) < 4.78 is 0. The van der Waals surface area contributed by atoms with Crippen molar-refractivity contribution < 1.29 is 5.11 Å². The zero-order valence-electron chi connectivity index (χ0n) is 9.48. The third-order valence-corrected chi connectivity index (χ3v) is 2.55. The molecule has 1 aromatic rings. The number of aliphatic hydroxyl groups is 1. The lowest BCUT2D eigenvalue weighted by molar-refractivity contribution is 0.262. The van der Waals surface area contributed by atoms with Crippen molar-refractivity contribution in [3.05, 3.63) is 29.6 Å². The molecule has 0 amide bonds. The van der Waals surface area contributed by atoms with E-state index in [9.17, 15) is 0 Å². The monoisotopic (exact) mass is 219 g/mol. The molecule has 0 aromatic carbocycles. The Kier molecular flexibility index (Phi) is 5.48. The van der Waals surface area contributed by atoms with Crippen molar-refractivity contribution in [2.75, 3.05) is 6.61 Å². The minimum atomic E-state index is 0.184. The van der Waals surface area contributed by atoms with Gasteiger partial charge in [0.2, 0.25) is 0 Å². The lowest BCUT2D eigenvalue weighted by Crippen LogP contribution is -2.29. The lowest BCUT2D eigenvalue weighted by atomic mass is 10.1. The van der Waals surface area contributed by atoms with E-state index in [1.54, 1.807) is 6.20 Å². The van der Waals surface area contributed by atoms with Gasteiger partial charge in [0.25, 0.3) is 0 Å². The number of nitrogens with zero attached hydrogens (tertiary/aromatic N) is 2. The van der Waals surface area contributed by atoms with E-state index < -0.39 is 0 Å². The maximum atomic E-state index is 8.86. The average Bonchev–Trinajstić information content (AvgIpc) is 2.34. The van der Waals surface area contributed by atoms with Gasteiger partial charge in [-0.15, -0.1) is 0 Å². The predicted octanol–water partition coefficient (Wildman–Crippen LogP) is 1.20. The average molecular weight is 219 g/mol. The topological polar surface area (TPSA) is 68.9 Å². The quantitative estimate of drug-likeness (QED) is 0.754. The number of rotatable bonds is 6. The Morgan fingerprint density at radius 3 is 3.06 bits per heavy atom. The van der Waals surface area contributed by atoms with Crippen LogP contribution in [-0.4, -0.2) is 22.7 Å². The molecular weight excluding hydrogens is 202 g/mol. The van der Waals surface area contributed by atoms with Gasteiger partial charge < -0.3 is 10.4 Å². The Bertz CT molecular complexity index is 360. The Hall–Kier alpha value is -1.44. The molecule has 0 saturated carbocycles. The van der Waals surface area contributed by atoms with Gasteiger partial charge in [0.1, 0.15) is 11.8 Å². The molecule has 0 aliphatic carbocycles. The largest absolute Gasteiger partial charge is 0.396 e. The van der Waals surface area contributed by atoms with Crippen LogP contribution in [-0.2, 0) is 6.54 Å². The van der Waals surface area contributed by atoms with Crippen LogP contribution < -0.4 is 5.32 Å². The number of aliphatic hydroxyl groups excluding tert-OH is 1. The molecule has 0 spiro atoms. The highest BCUT2D eigenvalue weighted by atomic mass is 16.3. The highest BCUT2D eigenvalue weighted by Crippen LogP contribution is 2.05. The molecule has 0 radical (unpaired) electrons. The standard InChI is InChI=1S/C12H17N3O/c1-2-11(5-7-16)15-9-10-4-3-6-14-12(10)8-13/h3-4,6,11,15-16H,2,5,7,9H2,1H3. The van der Waals surface area contributed by atoms with Crippen LogP contribution in [0.15, 0.2) is 18.3 Å². The first-order valence-corrected chi connectivity index (χ1v) is 5.50. The molecule has 4 heteroatoms. The SMILES string of the molecule is CCC(CCO)NCc1cccnc1C#N. The predicted molar refractivity (Wildman–Crippen MR) is 61.6 cm³/mol. The van der Waals surface area contributed by atoms with Crippen molar-refractivity contribution in [1.82, 2.24) is 10.3 Å². The van der Waals surface area contributed by atoms with Crippen LogP contribution in [0.5, 0.6) is 0 Å². The number of nitriles is 1. The molecule has 2 N–H and O–H groups in total. The summed E-state index contributed by atoms with van der Waals surface area (Å²) in [5, 5.41) is 21.0. The van der Waals surface area contributed by atoms with Gasteiger partial charge in [-0.05, 0) is 18.9 Å². The van der Waals surface area contributed by atoms with Gasteiger partial charge in [-0.1, -0.05) is 13.0 Å². The number of pyridine rings is 1. The molecule has 0 bridgehead atoms. The number of hydrogen-bond donors (Lipinski definition) is 2. The lowest BCUT2D eigenvalue weighted by Gasteiger charge is -2.15. The number of nitrogens with one attached hydrogen (secondary N) is 1. The molecule has 1 rings (SSSR count). The Balaban J connectivity index is 2.56. The Morgan fingerprint density at radius 1 is 1.62 bits per heavy atom. The molecule has 4 nitrogen and oxygen atoms in total. The van der Waals surface area contributed by atoms with Crippen LogP contribution in [0, 0.1) is 11.3 Å². The van der Waals surface area contributed by atoms with Gasteiger partial charge in [0, 0.05) is 31.0 Å². The van der Waals surface area contributed by atoms with Crippen molar-refractivity contribution in [3.8, 4) is 6.07 Å². The molecule has 86 valence electrons. The van der Waals surface area contributed by atoms with E-state index in [2.05, 4.69) is 23.3 Å². The smallest absolute Gasteiger partial charge is 0.144 e. The summed E-state index contributed by atoms with van der Waals surface area (Å²) in [6, 6.07) is 6.07. The molecule has 1 aromatic heterocycles. The minimum Gasteiger partial charge on any atom is -0.396 e. The highest BCUT2D eigenvalue weighted by Gasteiger charge is 2.07. The summed E-state index contributed by atoms with van der Waals surface area (Å²) in [6.45, 7) is 2.88. The van der Waals surface area contributed by atoms with Crippen LogP contribution in [0.4, 0.5) is 0 Å². The summed E-state index contributed by atoms with van der Waals surface area (Å²) in [5.41, 5.74) is 1.37. The van der Waals surface area contributed by atoms with E-state index in [-0.39, 0.29) is 12.6 Å².